The molecule has 0 saturated carbocycles. The average Bonchev–Trinajstić information content (AvgIpc) is 2.55. The van der Waals surface area contributed by atoms with E-state index in [0.717, 1.165) is 18.0 Å². The molecule has 1 nitrogen and oxygen atoms in total. The van der Waals surface area contributed by atoms with Gasteiger partial charge in [-0.25, -0.2) is 0 Å². The fourth-order valence-electron chi connectivity index (χ4n) is 2.95. The molecule has 0 fully saturated rings. The number of Topliss-reactive ketones (excluding diaryl/α,β-unsaturated/α-hetero) is 1. The van der Waals surface area contributed by atoms with Crippen LogP contribution in [0.1, 0.15) is 16.8 Å². The van der Waals surface area contributed by atoms with Gasteiger partial charge in [-0.1, -0.05) is 85.0 Å². The molecule has 2 rings (SSSR count). The molecule has 0 aliphatic heterocycles. The summed E-state index contributed by atoms with van der Waals surface area (Å²) in [5.74, 6) is 0.277. The third kappa shape index (κ3) is 4.05. The van der Waals surface area contributed by atoms with Gasteiger partial charge >= 0.3 is 0 Å². The lowest BCUT2D eigenvalue weighted by Gasteiger charge is -2.27. The van der Waals surface area contributed by atoms with Crippen LogP contribution < -0.4 is 5.19 Å². The molecule has 0 aliphatic rings. The minimum atomic E-state index is -1.64. The van der Waals surface area contributed by atoms with Crippen LogP contribution in [-0.2, 0) is 0 Å². The van der Waals surface area contributed by atoms with Gasteiger partial charge in [0.1, 0.15) is 0 Å². The maximum absolute atomic E-state index is 12.8. The Hall–Kier alpha value is -1.93. The number of benzene rings is 2. The highest BCUT2D eigenvalue weighted by molar-refractivity contribution is 6.90. The Bertz CT molecular complexity index is 617. The maximum Gasteiger partial charge on any atom is 0.165 e. The molecule has 0 aromatic heterocycles. The van der Waals surface area contributed by atoms with E-state index in [0.29, 0.717) is 0 Å². The normalized spacial score (nSPS) is 12.6. The summed E-state index contributed by atoms with van der Waals surface area (Å²) in [7, 11) is -1.64. The van der Waals surface area contributed by atoms with Crippen LogP contribution in [0.25, 0.3) is 0 Å². The molecule has 2 aromatic carbocycles. The quantitative estimate of drug-likeness (QED) is 0.412. The molecule has 0 amide bonds. The number of ketones is 1. The molecule has 1 atom stereocenters. The average molecular weight is 308 g/mol. The largest absolute Gasteiger partial charge is 0.294 e. The lowest BCUT2D eigenvalue weighted by molar-refractivity contribution is 0.0930. The molecule has 2 heteroatoms. The molecule has 22 heavy (non-hydrogen) atoms. The van der Waals surface area contributed by atoms with E-state index in [2.05, 4.69) is 43.9 Å². The van der Waals surface area contributed by atoms with Crippen molar-refractivity contribution in [2.24, 2.45) is 5.92 Å². The Morgan fingerprint density at radius 3 is 2.14 bits per heavy atom. The molecule has 0 saturated heterocycles. The Balaban J connectivity index is 2.22. The van der Waals surface area contributed by atoms with Crippen molar-refractivity contribution in [2.45, 2.75) is 25.6 Å². The van der Waals surface area contributed by atoms with E-state index in [4.69, 9.17) is 0 Å². The molecule has 0 N–H and O–H groups in total. The highest BCUT2D eigenvalue weighted by Gasteiger charge is 2.30. The van der Waals surface area contributed by atoms with Crippen molar-refractivity contribution in [1.82, 2.24) is 0 Å². The van der Waals surface area contributed by atoms with Crippen molar-refractivity contribution in [3.63, 3.8) is 0 Å². The Morgan fingerprint density at radius 1 is 1.05 bits per heavy atom. The molecule has 0 radical (unpaired) electrons. The highest BCUT2D eigenvalue weighted by atomic mass is 28.3. The van der Waals surface area contributed by atoms with Gasteiger partial charge in [-0.15, -0.1) is 6.58 Å². The van der Waals surface area contributed by atoms with Gasteiger partial charge in [-0.3, -0.25) is 4.79 Å². The number of allylic oxidation sites excluding steroid dienone is 1. The van der Waals surface area contributed by atoms with E-state index < -0.39 is 8.07 Å². The molecule has 114 valence electrons. The summed E-state index contributed by atoms with van der Waals surface area (Å²) >= 11 is 0. The predicted molar refractivity (Wildman–Crippen MR) is 97.4 cm³/mol. The first-order chi connectivity index (χ1) is 10.5. The van der Waals surface area contributed by atoms with E-state index in [9.17, 15) is 4.79 Å². The van der Waals surface area contributed by atoms with E-state index in [1.165, 1.54) is 5.19 Å². The number of hydrogen-bond donors (Lipinski definition) is 0. The smallest absolute Gasteiger partial charge is 0.165 e. The fraction of sp³-hybridized carbons (Fsp3) is 0.250. The van der Waals surface area contributed by atoms with Gasteiger partial charge in [0.25, 0.3) is 0 Å². The zero-order valence-electron chi connectivity index (χ0n) is 13.5. The third-order valence-electron chi connectivity index (χ3n) is 4.19. The first kappa shape index (κ1) is 16.4. The molecule has 1 unspecified atom stereocenters. The Morgan fingerprint density at radius 2 is 1.59 bits per heavy atom. The standard InChI is InChI=1S/C20H24OSi/c1-4-11-18(20(21)17-12-7-5-8-13-17)16-22(2,3)19-14-9-6-10-15-19/h4-10,12-15,18H,1,11,16H2,2-3H3. The third-order valence-corrected chi connectivity index (χ3v) is 7.60. The topological polar surface area (TPSA) is 17.1 Å². The molecule has 2 aromatic rings. The lowest BCUT2D eigenvalue weighted by atomic mass is 9.96. The van der Waals surface area contributed by atoms with E-state index in [1.807, 2.05) is 42.5 Å². The van der Waals surface area contributed by atoms with Gasteiger partial charge < -0.3 is 0 Å². The second kappa shape index (κ2) is 7.37. The minimum Gasteiger partial charge on any atom is -0.294 e. The summed E-state index contributed by atoms with van der Waals surface area (Å²) in [6, 6.07) is 21.2. The van der Waals surface area contributed by atoms with Gasteiger partial charge in [-0.2, -0.15) is 0 Å². The number of carbonyl (C=O) groups is 1. The Kier molecular flexibility index (Phi) is 5.50. The SMILES string of the molecule is C=CCC(C[Si](C)(C)c1ccccc1)C(=O)c1ccccc1. The Labute approximate surface area is 134 Å². The second-order valence-corrected chi connectivity index (χ2v) is 11.2. The van der Waals surface area contributed by atoms with Gasteiger partial charge in [0.15, 0.2) is 5.78 Å². The highest BCUT2D eigenvalue weighted by Crippen LogP contribution is 2.24. The van der Waals surface area contributed by atoms with Crippen molar-refractivity contribution in [3.8, 4) is 0 Å². The summed E-state index contributed by atoms with van der Waals surface area (Å²) in [6.07, 6.45) is 2.62. The van der Waals surface area contributed by atoms with Crippen molar-refractivity contribution in [3.05, 3.63) is 78.9 Å². The van der Waals surface area contributed by atoms with Gasteiger partial charge in [0.05, 0.1) is 8.07 Å². The first-order valence-corrected chi connectivity index (χ1v) is 11.0. The van der Waals surface area contributed by atoms with Crippen LogP contribution in [0.5, 0.6) is 0 Å². The summed E-state index contributed by atoms with van der Waals surface area (Å²) in [4.78, 5) is 12.8. The maximum atomic E-state index is 12.8. The first-order valence-electron chi connectivity index (χ1n) is 7.80. The van der Waals surface area contributed by atoms with Crippen LogP contribution in [-0.4, -0.2) is 13.9 Å². The van der Waals surface area contributed by atoms with Gasteiger partial charge in [0.2, 0.25) is 0 Å². The van der Waals surface area contributed by atoms with Crippen LogP contribution in [0.4, 0.5) is 0 Å². The number of hydrogen-bond acceptors (Lipinski definition) is 1. The van der Waals surface area contributed by atoms with Crippen LogP contribution >= 0.6 is 0 Å². The van der Waals surface area contributed by atoms with Crippen LogP contribution in [0.2, 0.25) is 19.1 Å². The summed E-state index contributed by atoms with van der Waals surface area (Å²) < 4.78 is 0. The second-order valence-electron chi connectivity index (χ2n) is 6.41. The van der Waals surface area contributed by atoms with Crippen LogP contribution in [0.15, 0.2) is 73.3 Å². The molecule has 0 aliphatic carbocycles. The van der Waals surface area contributed by atoms with Crippen LogP contribution in [0.3, 0.4) is 0 Å². The summed E-state index contributed by atoms with van der Waals surface area (Å²) in [5.41, 5.74) is 0.812. The van der Waals surface area contributed by atoms with E-state index >= 15 is 0 Å². The predicted octanol–water partition coefficient (Wildman–Crippen LogP) is 4.68. The van der Waals surface area contributed by atoms with Crippen molar-refractivity contribution in [2.75, 3.05) is 0 Å². The van der Waals surface area contributed by atoms with E-state index in [1.54, 1.807) is 0 Å². The molecule has 0 spiro atoms. The summed E-state index contributed by atoms with van der Waals surface area (Å²) in [5, 5.41) is 1.41. The lowest BCUT2D eigenvalue weighted by Crippen LogP contribution is -2.43. The fourth-order valence-corrected chi connectivity index (χ4v) is 5.86. The number of rotatable bonds is 7. The molecule has 0 bridgehead atoms. The summed E-state index contributed by atoms with van der Waals surface area (Å²) in [6.45, 7) is 8.53. The van der Waals surface area contributed by atoms with Crippen molar-refractivity contribution < 1.29 is 4.79 Å². The van der Waals surface area contributed by atoms with Gasteiger partial charge in [-0.05, 0) is 12.5 Å². The zero-order valence-corrected chi connectivity index (χ0v) is 14.5. The van der Waals surface area contributed by atoms with E-state index in [-0.39, 0.29) is 11.7 Å². The minimum absolute atomic E-state index is 0.0294. The number of carbonyl (C=O) groups excluding carboxylic acids is 1. The molecular weight excluding hydrogens is 284 g/mol. The van der Waals surface area contributed by atoms with Crippen molar-refractivity contribution in [1.29, 1.82) is 0 Å². The molecular formula is C20H24OSi. The molecule has 0 heterocycles. The zero-order chi connectivity index (χ0) is 16.0. The van der Waals surface area contributed by atoms with Crippen molar-refractivity contribution >= 4 is 19.0 Å². The monoisotopic (exact) mass is 308 g/mol. The van der Waals surface area contributed by atoms with Crippen LogP contribution in [0, 0.1) is 5.92 Å². The van der Waals surface area contributed by atoms with Gasteiger partial charge in [0, 0.05) is 11.5 Å².